The molecule has 8 heterocycles. The number of nitriles is 1. The quantitative estimate of drug-likeness (QED) is 0.0517. The van der Waals surface area contributed by atoms with E-state index < -0.39 is 0 Å². The number of halogens is 5. The van der Waals surface area contributed by atoms with E-state index >= 15 is 0 Å². The number of terminal acetylenes is 2. The van der Waals surface area contributed by atoms with E-state index in [2.05, 4.69) is 82.0 Å². The van der Waals surface area contributed by atoms with E-state index in [0.717, 1.165) is 226 Å². The summed E-state index contributed by atoms with van der Waals surface area (Å²) >= 11 is 5.93. The van der Waals surface area contributed by atoms with Crippen molar-refractivity contribution < 1.29 is 36.7 Å². The van der Waals surface area contributed by atoms with Gasteiger partial charge in [-0.2, -0.15) is 5.26 Å². The van der Waals surface area contributed by atoms with Gasteiger partial charge in [-0.05, 0) is 416 Å². The summed E-state index contributed by atoms with van der Waals surface area (Å²) in [6, 6.07) is 44.7. The molecule has 0 bridgehead atoms. The number of rotatable bonds is 20. The molecule has 4 aromatic carbocycles. The van der Waals surface area contributed by atoms with Gasteiger partial charge in [0.15, 0.2) is 0 Å². The van der Waals surface area contributed by atoms with Gasteiger partial charge >= 0.3 is 0 Å². The van der Waals surface area contributed by atoms with Crippen LogP contribution in [0.4, 0.5) is 17.6 Å². The molecule has 13 nitrogen and oxygen atoms in total. The fourth-order valence-electron chi connectivity index (χ4n) is 27.2. The van der Waals surface area contributed by atoms with Gasteiger partial charge in [0.2, 0.25) is 0 Å². The average Bonchev–Trinajstić information content (AvgIpc) is 1.59. The van der Waals surface area contributed by atoms with Crippen LogP contribution in [0.25, 0.3) is 43.6 Å². The van der Waals surface area contributed by atoms with Gasteiger partial charge < -0.3 is 0 Å². The van der Waals surface area contributed by atoms with Crippen LogP contribution in [0.5, 0.6) is 0 Å². The summed E-state index contributed by atoms with van der Waals surface area (Å²) in [5, 5.41) is 13.4. The van der Waals surface area contributed by atoms with Crippen molar-refractivity contribution in [2.75, 3.05) is 0 Å². The van der Waals surface area contributed by atoms with Crippen molar-refractivity contribution in [2.45, 2.75) is 203 Å². The van der Waals surface area contributed by atoms with E-state index in [1.54, 1.807) is 79.4 Å². The number of carbonyl (C=O) groups is 4. The molecular formula is C113H106ClF4N9O4. The highest BCUT2D eigenvalue weighted by Gasteiger charge is 2.63. The standard InChI is InChI=1S/2C29H27FN2O.C28H26FN3O.C27H26ClFN2O/c1-2-24-5-3-18(17-32-24)11-28(33)29(8-9-29)22-14-19-12-21(13-20(19)15-22)25-7-10-31-27-6-4-23(30)16-26(25)27;1-2-18-3-5-24(32-17-18)16-28(33)29(8-9-29)22-13-19-11-21(12-20(19)14-22)25-7-10-31-27-6-4-23(30)15-26(25)27;29-22-2-4-26-25(13-22)24(5-8-31-26)20-9-18-11-21(12-19(18)10-20)28(6-7-28)27(33)14-23-3-1-17(15-30)16-32-23;28-20-1-3-22(31-15-20)14-26(32)27(6-7-27)19-11-16-9-18(10-17(16)12-19)23-5-8-30-25-4-2-21(29)13-24(23)25/h1,3-7,10,16-17,19-22H,8-9,11-15H2;1,3-7,10,15,17,19-22H,8-9,11-14,16H2;1-5,8,13,16,18-21H,6-7,9-12,14H2;1-5,8,13,15-19H,6-7,9-12,14H2/t2*19-,20+,21?,22?;18-,19+,20?,21?;16-,17+,18?,19?. The van der Waals surface area contributed by atoms with Crippen LogP contribution in [0.1, 0.15) is 239 Å². The number of Topliss-reactive ketones (excluding diaryl/α,β-unsaturated/α-hetero) is 4. The summed E-state index contributed by atoms with van der Waals surface area (Å²) in [5.41, 5.74) is 13.2. The Kier molecular flexibility index (Phi) is 23.1. The lowest BCUT2D eigenvalue weighted by molar-refractivity contribution is -0.126. The van der Waals surface area contributed by atoms with E-state index in [1.165, 1.54) is 46.5 Å². The Hall–Kier alpha value is -11.6. The van der Waals surface area contributed by atoms with Crippen LogP contribution < -0.4 is 0 Å². The van der Waals surface area contributed by atoms with Crippen molar-refractivity contribution in [1.29, 1.82) is 5.26 Å². The number of carbonyl (C=O) groups excluding carboxylic acids is 4. The van der Waals surface area contributed by atoms with Crippen molar-refractivity contribution >= 4 is 78.3 Å². The molecule has 0 radical (unpaired) electrons. The number of hydrogen-bond acceptors (Lipinski definition) is 13. The molecule has 0 saturated heterocycles. The normalized spacial score (nSPS) is 27.5. The van der Waals surface area contributed by atoms with Crippen molar-refractivity contribution in [3.8, 4) is 30.8 Å². The molecule has 12 aliphatic rings. The monoisotopic (exact) mass is 1760 g/mol. The molecular weight excluding hydrogens is 1660 g/mol. The Morgan fingerprint density at radius 2 is 0.626 bits per heavy atom. The zero-order valence-electron chi connectivity index (χ0n) is 73.7. The summed E-state index contributed by atoms with van der Waals surface area (Å²) in [7, 11) is 0. The van der Waals surface area contributed by atoms with Crippen LogP contribution in [0.15, 0.2) is 195 Å². The second-order valence-corrected chi connectivity index (χ2v) is 41.6. The van der Waals surface area contributed by atoms with Gasteiger partial charge in [-0.15, -0.1) is 12.8 Å². The molecule has 8 unspecified atom stereocenters. The molecule has 12 aliphatic carbocycles. The summed E-state index contributed by atoms with van der Waals surface area (Å²) in [6.07, 6.45) is 52.9. The van der Waals surface area contributed by atoms with Gasteiger partial charge in [0.1, 0.15) is 58.2 Å². The predicted molar refractivity (Wildman–Crippen MR) is 498 cm³/mol. The van der Waals surface area contributed by atoms with Crippen molar-refractivity contribution in [3.05, 3.63) is 285 Å². The molecule has 12 fully saturated rings. The number of aromatic nitrogens is 8. The van der Waals surface area contributed by atoms with E-state index in [9.17, 15) is 36.7 Å². The van der Waals surface area contributed by atoms with Crippen LogP contribution in [-0.2, 0) is 44.9 Å². The molecule has 12 aromatic rings. The second-order valence-electron chi connectivity index (χ2n) is 41.2. The molecule has 662 valence electrons. The SMILES string of the molecule is C#Cc1ccc(CC(=O)C2(C3C[C@H]4CC(c5ccnc6ccc(F)cc56)C[C@H]4C3)CC2)cn1.C#Cc1ccc(CC(=O)C2(C3C[C@H]4CC(c5ccnc6ccc(F)cc56)C[C@H]4C3)CC2)nc1.N#Cc1ccc(CC(=O)C2(C3C[C@H]4CC(c5ccnc6ccc(F)cc56)C[C@H]4C3)CC2)nc1.O=C(Cc1ccc(Cl)cn1)C1(C2C[C@H]3CC(c4ccnc5ccc(F)cc45)C[C@H]3C2)CC1. The molecule has 12 saturated carbocycles. The molecule has 0 spiro atoms. The van der Waals surface area contributed by atoms with Gasteiger partial charge in [0.25, 0.3) is 0 Å². The number of nitrogens with zero attached hydrogens (tertiary/aromatic N) is 9. The van der Waals surface area contributed by atoms with Gasteiger partial charge in [0, 0.05) is 141 Å². The minimum absolute atomic E-state index is 0.114. The van der Waals surface area contributed by atoms with Gasteiger partial charge in [-0.25, -0.2) is 22.5 Å². The maximum Gasteiger partial charge on any atom is 0.145 e. The Morgan fingerprint density at radius 3 is 0.878 bits per heavy atom. The number of fused-ring (bicyclic) bond motifs is 8. The first-order chi connectivity index (χ1) is 63.7. The number of benzene rings is 4. The lowest BCUT2D eigenvalue weighted by atomic mass is 9.79. The minimum atomic E-state index is -0.207. The lowest BCUT2D eigenvalue weighted by Gasteiger charge is -2.24. The fraction of sp³-hybridized carbons (Fsp3) is 0.425. The van der Waals surface area contributed by atoms with E-state index in [-0.39, 0.29) is 44.9 Å². The largest absolute Gasteiger partial charge is 0.299 e. The number of ketones is 4. The van der Waals surface area contributed by atoms with E-state index in [0.29, 0.717) is 160 Å². The number of hydrogen-bond donors (Lipinski definition) is 0. The van der Waals surface area contributed by atoms with Crippen molar-refractivity contribution in [3.63, 3.8) is 0 Å². The van der Waals surface area contributed by atoms with Crippen LogP contribution in [0.2, 0.25) is 5.02 Å². The highest BCUT2D eigenvalue weighted by atomic mass is 35.5. The Labute approximate surface area is 767 Å². The molecule has 24 rings (SSSR count). The Morgan fingerprint density at radius 1 is 0.328 bits per heavy atom. The fourth-order valence-corrected chi connectivity index (χ4v) is 27.3. The second kappa shape index (κ2) is 35.2. The first-order valence-corrected chi connectivity index (χ1v) is 48.1. The molecule has 0 aliphatic heterocycles. The predicted octanol–water partition coefficient (Wildman–Crippen LogP) is 24.0. The molecule has 8 aromatic heterocycles. The van der Waals surface area contributed by atoms with Crippen LogP contribution >= 0.6 is 11.6 Å². The molecule has 131 heavy (non-hydrogen) atoms. The smallest absolute Gasteiger partial charge is 0.145 e. The molecule has 0 amide bonds. The average molecular weight is 1770 g/mol. The van der Waals surface area contributed by atoms with E-state index in [4.69, 9.17) is 29.7 Å². The maximum atomic E-state index is 13.9. The third-order valence-corrected chi connectivity index (χ3v) is 34.6. The highest BCUT2D eigenvalue weighted by molar-refractivity contribution is 6.30. The van der Waals surface area contributed by atoms with E-state index in [1.807, 2.05) is 67.3 Å². The summed E-state index contributed by atoms with van der Waals surface area (Å²) in [4.78, 5) is 88.1. The molecule has 0 N–H and O–H groups in total. The lowest BCUT2D eigenvalue weighted by Crippen LogP contribution is -2.26. The first-order valence-electron chi connectivity index (χ1n) is 47.8. The third-order valence-electron chi connectivity index (χ3n) is 34.4. The minimum Gasteiger partial charge on any atom is -0.299 e. The summed E-state index contributed by atoms with van der Waals surface area (Å²) in [5.74, 6) is 14.8. The van der Waals surface area contributed by atoms with Crippen molar-refractivity contribution in [1.82, 2.24) is 39.9 Å². The van der Waals surface area contributed by atoms with Gasteiger partial charge in [-0.1, -0.05) is 29.5 Å². The molecule has 16 atom stereocenters. The maximum absolute atomic E-state index is 13.9. The van der Waals surface area contributed by atoms with Gasteiger partial charge in [-0.3, -0.25) is 54.1 Å². The third kappa shape index (κ3) is 17.1. The van der Waals surface area contributed by atoms with Crippen LogP contribution in [-0.4, -0.2) is 63.0 Å². The Bertz CT molecular complexity index is 6060. The molecule has 18 heteroatoms. The topological polar surface area (TPSA) is 195 Å². The van der Waals surface area contributed by atoms with Gasteiger partial charge in [0.05, 0.1) is 32.7 Å². The number of pyridine rings is 8. The Balaban J connectivity index is 0.000000105. The van der Waals surface area contributed by atoms with Crippen LogP contribution in [0, 0.1) is 152 Å². The first kappa shape index (κ1) is 86.2. The van der Waals surface area contributed by atoms with Crippen molar-refractivity contribution in [2.24, 2.45) is 92.7 Å². The zero-order chi connectivity index (χ0) is 89.6. The van der Waals surface area contributed by atoms with Crippen LogP contribution in [0.3, 0.4) is 0 Å². The summed E-state index contributed by atoms with van der Waals surface area (Å²) in [6.45, 7) is 0. The highest BCUT2D eigenvalue weighted by Crippen LogP contribution is 2.69. The zero-order valence-corrected chi connectivity index (χ0v) is 74.5. The summed E-state index contributed by atoms with van der Waals surface area (Å²) < 4.78 is 55.7.